The highest BCUT2D eigenvalue weighted by Gasteiger charge is 2.23. The first-order valence-corrected chi connectivity index (χ1v) is 12.2. The largest absolute Gasteiger partial charge is 0.322 e. The summed E-state index contributed by atoms with van der Waals surface area (Å²) < 4.78 is 15.2. The van der Waals surface area contributed by atoms with Gasteiger partial charge in [0.2, 0.25) is 5.91 Å². The van der Waals surface area contributed by atoms with E-state index in [1.807, 2.05) is 51.1 Å². The van der Waals surface area contributed by atoms with E-state index in [1.165, 1.54) is 23.1 Å². The third-order valence-corrected chi connectivity index (χ3v) is 5.69. The van der Waals surface area contributed by atoms with Crippen molar-refractivity contribution in [1.29, 1.82) is 0 Å². The summed E-state index contributed by atoms with van der Waals surface area (Å²) in [5.41, 5.74) is 2.87. The minimum atomic E-state index is -0.576. The molecule has 0 radical (unpaired) electrons. The average Bonchev–Trinajstić information content (AvgIpc) is 3.20. The smallest absolute Gasteiger partial charge is 0.315 e. The number of nitrogens with zero attached hydrogens (tertiary/aromatic N) is 3. The molecule has 0 saturated heterocycles. The number of nitrogens with one attached hydrogen (secondary N) is 2. The fourth-order valence-electron chi connectivity index (χ4n) is 3.51. The van der Waals surface area contributed by atoms with E-state index in [-0.39, 0.29) is 28.8 Å². The lowest BCUT2D eigenvalue weighted by Gasteiger charge is -2.24. The zero-order valence-corrected chi connectivity index (χ0v) is 22.3. The summed E-state index contributed by atoms with van der Waals surface area (Å²) >= 11 is 5.83. The van der Waals surface area contributed by atoms with E-state index in [1.54, 1.807) is 4.68 Å². The molecule has 0 aliphatic carbocycles. The van der Waals surface area contributed by atoms with E-state index in [0.717, 1.165) is 16.9 Å². The molecule has 7 nitrogen and oxygen atoms in total. The van der Waals surface area contributed by atoms with Crippen molar-refractivity contribution < 1.29 is 14.0 Å². The lowest BCUT2D eigenvalue weighted by atomic mass is 9.92. The van der Waals surface area contributed by atoms with Gasteiger partial charge >= 0.3 is 6.03 Å². The van der Waals surface area contributed by atoms with Gasteiger partial charge in [-0.3, -0.25) is 4.79 Å². The molecule has 1 aromatic heterocycles. The van der Waals surface area contributed by atoms with Crippen LogP contribution in [0.3, 0.4) is 0 Å². The molecule has 0 bridgehead atoms. The maximum Gasteiger partial charge on any atom is 0.322 e. The molecule has 2 N–H and O–H groups in total. The maximum absolute atomic E-state index is 13.5. The fraction of sp³-hybridized carbons (Fsp3) is 0.370. The van der Waals surface area contributed by atoms with E-state index in [0.29, 0.717) is 18.1 Å². The second kappa shape index (κ2) is 11.1. The Balaban J connectivity index is 1.81. The van der Waals surface area contributed by atoms with Gasteiger partial charge in [0, 0.05) is 23.7 Å². The van der Waals surface area contributed by atoms with E-state index in [2.05, 4.69) is 31.4 Å². The highest BCUT2D eigenvalue weighted by molar-refractivity contribution is 6.31. The molecular weight excluding hydrogens is 481 g/mol. The Bertz CT molecular complexity index is 1230. The Kier molecular flexibility index (Phi) is 8.40. The third-order valence-electron chi connectivity index (χ3n) is 5.40. The number of halogens is 2. The number of hydrogen-bond acceptors (Lipinski definition) is 3. The topological polar surface area (TPSA) is 79.3 Å². The Hall–Kier alpha value is -3.39. The number of anilines is 2. The SMILES string of the molecule is Cc1ccc(-n2nc(C(C)(C)C)cc2NC(=O)CN(CC(C)C)C(=O)Nc2ccc(F)c(Cl)c2)cc1. The first-order valence-electron chi connectivity index (χ1n) is 11.8. The Morgan fingerprint density at radius 3 is 2.33 bits per heavy atom. The molecule has 1 heterocycles. The molecule has 0 unspecified atom stereocenters. The summed E-state index contributed by atoms with van der Waals surface area (Å²) in [6.07, 6.45) is 0. The lowest BCUT2D eigenvalue weighted by Crippen LogP contribution is -2.42. The highest BCUT2D eigenvalue weighted by Crippen LogP contribution is 2.26. The molecule has 36 heavy (non-hydrogen) atoms. The number of urea groups is 1. The van der Waals surface area contributed by atoms with Crippen LogP contribution in [0, 0.1) is 18.7 Å². The van der Waals surface area contributed by atoms with Crippen LogP contribution in [0.15, 0.2) is 48.5 Å². The molecule has 192 valence electrons. The minimum absolute atomic E-state index is 0.0972. The van der Waals surface area contributed by atoms with Gasteiger partial charge < -0.3 is 15.5 Å². The first kappa shape index (κ1) is 27.2. The van der Waals surface area contributed by atoms with Crippen LogP contribution in [0.5, 0.6) is 0 Å². The predicted molar refractivity (Wildman–Crippen MR) is 142 cm³/mol. The molecule has 3 amide bonds. The summed E-state index contributed by atoms with van der Waals surface area (Å²) in [5, 5.41) is 10.3. The second-order valence-electron chi connectivity index (χ2n) is 10.3. The molecule has 0 aliphatic heterocycles. The van der Waals surface area contributed by atoms with E-state index >= 15 is 0 Å². The maximum atomic E-state index is 13.5. The zero-order valence-electron chi connectivity index (χ0n) is 21.5. The molecule has 2 aromatic carbocycles. The van der Waals surface area contributed by atoms with Crippen molar-refractivity contribution in [3.05, 3.63) is 70.6 Å². The third kappa shape index (κ3) is 7.07. The van der Waals surface area contributed by atoms with E-state index < -0.39 is 11.8 Å². The van der Waals surface area contributed by atoms with Crippen molar-refractivity contribution in [2.75, 3.05) is 23.7 Å². The normalized spacial score (nSPS) is 11.5. The van der Waals surface area contributed by atoms with Gasteiger partial charge in [-0.25, -0.2) is 13.9 Å². The standard InChI is InChI=1S/C27H33ClFN5O2/c1-17(2)15-33(26(36)30-19-9-12-22(29)21(28)13-19)16-25(35)31-24-14-23(27(4,5)6)32-34(24)20-10-7-18(3)8-11-20/h7-14,17H,15-16H2,1-6H3,(H,30,36)(H,31,35). The summed E-state index contributed by atoms with van der Waals surface area (Å²) in [6.45, 7) is 12.2. The number of aromatic nitrogens is 2. The number of aryl methyl sites for hydroxylation is 1. The summed E-state index contributed by atoms with van der Waals surface area (Å²) in [4.78, 5) is 27.5. The average molecular weight is 514 g/mol. The van der Waals surface area contributed by atoms with Gasteiger partial charge in [-0.1, -0.05) is 63.9 Å². The molecule has 3 aromatic rings. The van der Waals surface area contributed by atoms with Crippen LogP contribution in [0.25, 0.3) is 5.69 Å². The predicted octanol–water partition coefficient (Wildman–Crippen LogP) is 6.40. The van der Waals surface area contributed by atoms with Gasteiger partial charge in [0.15, 0.2) is 0 Å². The van der Waals surface area contributed by atoms with Crippen LogP contribution in [-0.2, 0) is 10.2 Å². The van der Waals surface area contributed by atoms with Crippen LogP contribution in [0.1, 0.15) is 45.9 Å². The number of carbonyl (C=O) groups is 2. The van der Waals surface area contributed by atoms with Crippen molar-refractivity contribution in [3.8, 4) is 5.69 Å². The van der Waals surface area contributed by atoms with E-state index in [4.69, 9.17) is 16.7 Å². The number of rotatable bonds is 7. The number of carbonyl (C=O) groups excluding carboxylic acids is 2. The molecule has 3 rings (SSSR count). The van der Waals surface area contributed by atoms with Crippen LogP contribution >= 0.6 is 11.6 Å². The fourth-order valence-corrected chi connectivity index (χ4v) is 3.69. The zero-order chi connectivity index (χ0) is 26.6. The summed E-state index contributed by atoms with van der Waals surface area (Å²) in [7, 11) is 0. The van der Waals surface area contributed by atoms with Crippen molar-refractivity contribution in [3.63, 3.8) is 0 Å². The Morgan fingerprint density at radius 1 is 1.08 bits per heavy atom. The molecular formula is C27H33ClFN5O2. The van der Waals surface area contributed by atoms with Gasteiger partial charge in [-0.15, -0.1) is 0 Å². The summed E-state index contributed by atoms with van der Waals surface area (Å²) in [5.74, 6) is -0.306. The van der Waals surface area contributed by atoms with Gasteiger partial charge in [0.05, 0.1) is 16.4 Å². The first-order chi connectivity index (χ1) is 16.8. The van der Waals surface area contributed by atoms with Crippen molar-refractivity contribution >= 4 is 35.0 Å². The minimum Gasteiger partial charge on any atom is -0.315 e. The molecule has 0 spiro atoms. The molecule has 0 atom stereocenters. The Morgan fingerprint density at radius 2 is 1.75 bits per heavy atom. The van der Waals surface area contributed by atoms with Gasteiger partial charge in [0.25, 0.3) is 0 Å². The number of hydrogen-bond donors (Lipinski definition) is 2. The van der Waals surface area contributed by atoms with Gasteiger partial charge in [-0.05, 0) is 43.2 Å². The van der Waals surface area contributed by atoms with Gasteiger partial charge in [-0.2, -0.15) is 5.10 Å². The van der Waals surface area contributed by atoms with Crippen molar-refractivity contribution in [2.24, 2.45) is 5.92 Å². The molecule has 0 fully saturated rings. The lowest BCUT2D eigenvalue weighted by molar-refractivity contribution is -0.116. The number of amides is 3. The van der Waals surface area contributed by atoms with Crippen LogP contribution in [-0.4, -0.2) is 39.7 Å². The monoisotopic (exact) mass is 513 g/mol. The highest BCUT2D eigenvalue weighted by atomic mass is 35.5. The van der Waals surface area contributed by atoms with Gasteiger partial charge in [0.1, 0.15) is 18.2 Å². The molecule has 0 saturated carbocycles. The quantitative estimate of drug-likeness (QED) is 0.383. The van der Waals surface area contributed by atoms with Crippen molar-refractivity contribution in [1.82, 2.24) is 14.7 Å². The molecule has 0 aliphatic rings. The van der Waals surface area contributed by atoms with Crippen molar-refractivity contribution in [2.45, 2.75) is 47.0 Å². The van der Waals surface area contributed by atoms with Crippen LogP contribution in [0.4, 0.5) is 20.7 Å². The van der Waals surface area contributed by atoms with E-state index in [9.17, 15) is 14.0 Å². The second-order valence-corrected chi connectivity index (χ2v) is 10.7. The Labute approximate surface area is 216 Å². The van der Waals surface area contributed by atoms with Crippen LogP contribution in [0.2, 0.25) is 5.02 Å². The molecule has 9 heteroatoms. The number of benzene rings is 2. The summed E-state index contributed by atoms with van der Waals surface area (Å²) in [6, 6.07) is 13.1. The van der Waals surface area contributed by atoms with Crippen LogP contribution < -0.4 is 10.6 Å².